The maximum atomic E-state index is 15.1. The highest BCUT2D eigenvalue weighted by Crippen LogP contribution is 2.39. The van der Waals surface area contributed by atoms with Crippen molar-refractivity contribution in [2.24, 2.45) is 12.8 Å². The molecule has 2 aliphatic rings. The third-order valence-corrected chi connectivity index (χ3v) is 12.1. The molecule has 1 atom stereocenters. The lowest BCUT2D eigenvalue weighted by Gasteiger charge is -2.36. The van der Waals surface area contributed by atoms with Crippen LogP contribution >= 0.6 is 0 Å². The molecule has 0 unspecified atom stereocenters. The van der Waals surface area contributed by atoms with Crippen molar-refractivity contribution in [1.29, 1.82) is 0 Å². The largest absolute Gasteiger partial charge is 0.373 e. The van der Waals surface area contributed by atoms with Crippen LogP contribution in [0.15, 0.2) is 60.7 Å². The number of para-hydroxylation sites is 1. The fourth-order valence-corrected chi connectivity index (χ4v) is 8.66. The van der Waals surface area contributed by atoms with Crippen LogP contribution in [0.25, 0.3) is 11.3 Å². The maximum Gasteiger partial charge on any atom is 0.255 e. The van der Waals surface area contributed by atoms with Gasteiger partial charge >= 0.3 is 0 Å². The zero-order valence-electron chi connectivity index (χ0n) is 35.9. The number of unbranched alkanes of at least 4 members (excludes halogenated alkanes) is 2. The van der Waals surface area contributed by atoms with Gasteiger partial charge in [0.2, 0.25) is 12.3 Å². The van der Waals surface area contributed by atoms with Gasteiger partial charge in [0.15, 0.2) is 0 Å². The molecule has 0 aliphatic carbocycles. The monoisotopic (exact) mass is 775 g/mol. The third-order valence-electron chi connectivity index (χ3n) is 12.1. The first-order valence-corrected chi connectivity index (χ1v) is 21.0. The van der Waals surface area contributed by atoms with Crippen LogP contribution in [0.1, 0.15) is 101 Å². The minimum absolute atomic E-state index is 0.0834. The highest BCUT2D eigenvalue weighted by Gasteiger charge is 2.33. The van der Waals surface area contributed by atoms with E-state index in [9.17, 15) is 4.79 Å². The number of primary amides is 1. The fraction of sp³-hybridized carbons (Fsp3) is 0.479. The number of rotatable bonds is 14. The van der Waals surface area contributed by atoms with E-state index in [1.807, 2.05) is 11.0 Å². The lowest BCUT2D eigenvalue weighted by Crippen LogP contribution is -2.43. The summed E-state index contributed by atoms with van der Waals surface area (Å²) in [6.07, 6.45) is 8.87. The molecule has 1 aromatic heterocycles. The number of benzene rings is 3. The van der Waals surface area contributed by atoms with Gasteiger partial charge < -0.3 is 29.9 Å². The summed E-state index contributed by atoms with van der Waals surface area (Å²) in [6.45, 7) is 12.6. The van der Waals surface area contributed by atoms with Crippen molar-refractivity contribution in [3.63, 3.8) is 0 Å². The van der Waals surface area contributed by atoms with Gasteiger partial charge in [-0.15, -0.1) is 0 Å². The first-order valence-electron chi connectivity index (χ1n) is 21.0. The molecule has 0 bridgehead atoms. The number of nitrogens with zero attached hydrogens (tertiary/aromatic N) is 5. The van der Waals surface area contributed by atoms with E-state index in [0.717, 1.165) is 92.4 Å². The van der Waals surface area contributed by atoms with Crippen LogP contribution in [0.5, 0.6) is 0 Å². The zero-order chi connectivity index (χ0) is 41.2. The molecule has 0 saturated heterocycles. The fourth-order valence-electron chi connectivity index (χ4n) is 8.66. The molecular weight excluding hydrogens is 709 g/mol. The summed E-state index contributed by atoms with van der Waals surface area (Å²) >= 11 is 0. The Morgan fingerprint density at radius 2 is 1.51 bits per heavy atom. The van der Waals surface area contributed by atoms with E-state index in [-0.39, 0.29) is 24.3 Å². The van der Waals surface area contributed by atoms with Crippen molar-refractivity contribution in [3.8, 4) is 11.3 Å². The standard InChI is InChI=1S/C47H63N5O2.CH3NO/c1-9-11-20-40-34(4)50(8)46(41(40)21-12-10-2)42-28-36-23-24-51(45(53)30-37-18-15-16-22-44(37)49(7)26-25-48(5)6)31-39(36)29-43(42)47(54)52-32-38-19-14-13-17-35(38)27-33(52)3;2-1-3/h13-19,22,28-29,33H,9-12,20-21,23-27,30-32H2,1-8H3;1H,(H2,2,3)/t33-;/m1./s1. The molecule has 0 radical (unpaired) electrons. The van der Waals surface area contributed by atoms with Crippen molar-refractivity contribution in [2.45, 2.75) is 105 Å². The number of hydrogen-bond acceptors (Lipinski definition) is 5. The molecule has 3 aromatic carbocycles. The summed E-state index contributed by atoms with van der Waals surface area (Å²) in [5, 5.41) is 0. The van der Waals surface area contributed by atoms with E-state index in [1.54, 1.807) is 0 Å². The van der Waals surface area contributed by atoms with Gasteiger partial charge in [-0.25, -0.2) is 0 Å². The number of fused-ring (bicyclic) bond motifs is 2. The van der Waals surface area contributed by atoms with Crippen LogP contribution in [0.2, 0.25) is 0 Å². The molecule has 4 aromatic rings. The van der Waals surface area contributed by atoms with Crippen LogP contribution in [-0.4, -0.2) is 84.3 Å². The van der Waals surface area contributed by atoms with E-state index >= 15 is 4.79 Å². The second-order valence-electron chi connectivity index (χ2n) is 16.3. The molecule has 0 spiro atoms. The maximum absolute atomic E-state index is 15.1. The second-order valence-corrected chi connectivity index (χ2v) is 16.3. The number of aromatic nitrogens is 1. The number of carbonyl (C=O) groups is 3. The third kappa shape index (κ3) is 9.98. The van der Waals surface area contributed by atoms with Gasteiger partial charge in [0, 0.05) is 75.4 Å². The quantitative estimate of drug-likeness (QED) is 0.134. The second kappa shape index (κ2) is 20.0. The summed E-state index contributed by atoms with van der Waals surface area (Å²) in [5.74, 6) is 0.219. The van der Waals surface area contributed by atoms with Gasteiger partial charge in [0.05, 0.1) is 12.1 Å². The number of amides is 3. The average Bonchev–Trinajstić information content (AvgIpc) is 3.44. The molecule has 2 N–H and O–H groups in total. The normalized spacial score (nSPS) is 14.8. The van der Waals surface area contributed by atoms with E-state index in [0.29, 0.717) is 26.1 Å². The lowest BCUT2D eigenvalue weighted by molar-refractivity contribution is -0.131. The van der Waals surface area contributed by atoms with Gasteiger partial charge in [-0.2, -0.15) is 0 Å². The Hall–Kier alpha value is -4.89. The van der Waals surface area contributed by atoms with E-state index in [4.69, 9.17) is 4.79 Å². The summed E-state index contributed by atoms with van der Waals surface area (Å²) in [4.78, 5) is 46.3. The van der Waals surface area contributed by atoms with Crippen LogP contribution in [0.3, 0.4) is 0 Å². The Morgan fingerprint density at radius 1 is 0.860 bits per heavy atom. The van der Waals surface area contributed by atoms with E-state index < -0.39 is 0 Å². The summed E-state index contributed by atoms with van der Waals surface area (Å²) in [6, 6.07) is 21.4. The van der Waals surface area contributed by atoms with Crippen LogP contribution in [0, 0.1) is 6.92 Å². The highest BCUT2D eigenvalue weighted by atomic mass is 16.2. The molecule has 57 heavy (non-hydrogen) atoms. The zero-order valence-corrected chi connectivity index (χ0v) is 35.9. The number of likely N-dealkylation sites (N-methyl/N-ethyl adjacent to an activating group) is 2. The lowest BCUT2D eigenvalue weighted by atomic mass is 9.87. The number of hydrogen-bond donors (Lipinski definition) is 1. The van der Waals surface area contributed by atoms with Crippen molar-refractivity contribution >= 4 is 23.9 Å². The number of anilines is 1. The topological polar surface area (TPSA) is 95.1 Å². The minimum Gasteiger partial charge on any atom is -0.373 e. The number of carbonyl (C=O) groups excluding carboxylic acids is 3. The summed E-state index contributed by atoms with van der Waals surface area (Å²) in [5.41, 5.74) is 18.4. The molecule has 3 heterocycles. The minimum atomic E-state index is 0.0834. The predicted octanol–water partition coefficient (Wildman–Crippen LogP) is 7.50. The first kappa shape index (κ1) is 43.2. The van der Waals surface area contributed by atoms with E-state index in [2.05, 4.69) is 135 Å². The van der Waals surface area contributed by atoms with Crippen molar-refractivity contribution in [2.75, 3.05) is 45.7 Å². The van der Waals surface area contributed by atoms with Crippen LogP contribution in [-0.2, 0) is 61.8 Å². The molecule has 9 heteroatoms. The van der Waals surface area contributed by atoms with Gasteiger partial charge in [0.25, 0.3) is 5.91 Å². The SMILES string of the molecule is CCCCc1c(CCCC)c(-c2cc3c(cc2C(=O)N2Cc4ccccc4C[C@H]2C)CN(C(=O)Cc2ccccc2N(C)CCN(C)C)CC3)n(C)c1C.NC=O. The Kier molecular flexibility index (Phi) is 15.2. The average molecular weight is 775 g/mol. The molecule has 2 aliphatic heterocycles. The molecule has 3 amide bonds. The Morgan fingerprint density at radius 3 is 2.19 bits per heavy atom. The van der Waals surface area contributed by atoms with Crippen molar-refractivity contribution < 1.29 is 14.4 Å². The van der Waals surface area contributed by atoms with Crippen LogP contribution < -0.4 is 10.6 Å². The van der Waals surface area contributed by atoms with E-state index in [1.165, 1.54) is 39.2 Å². The summed E-state index contributed by atoms with van der Waals surface area (Å²) < 4.78 is 2.37. The molecule has 9 nitrogen and oxygen atoms in total. The van der Waals surface area contributed by atoms with Crippen molar-refractivity contribution in [1.82, 2.24) is 19.3 Å². The molecule has 6 rings (SSSR count). The Labute approximate surface area is 341 Å². The first-order chi connectivity index (χ1) is 27.4. The van der Waals surface area contributed by atoms with Gasteiger partial charge in [0.1, 0.15) is 0 Å². The Bertz CT molecular complexity index is 2020. The van der Waals surface area contributed by atoms with Gasteiger partial charge in [-0.1, -0.05) is 69.2 Å². The molecule has 0 fully saturated rings. The van der Waals surface area contributed by atoms with Crippen LogP contribution in [0.4, 0.5) is 5.69 Å². The van der Waals surface area contributed by atoms with Crippen molar-refractivity contribution in [3.05, 3.63) is 111 Å². The smallest absolute Gasteiger partial charge is 0.255 e. The number of nitrogens with two attached hydrogens (primary N) is 1. The van der Waals surface area contributed by atoms with Gasteiger partial charge in [-0.05, 0) is 124 Å². The Balaban J connectivity index is 0.00000200. The summed E-state index contributed by atoms with van der Waals surface area (Å²) in [7, 11) is 8.47. The van der Waals surface area contributed by atoms with Gasteiger partial charge in [-0.3, -0.25) is 14.4 Å². The molecule has 0 saturated carbocycles. The molecule has 306 valence electrons. The predicted molar refractivity (Wildman–Crippen MR) is 234 cm³/mol. The highest BCUT2D eigenvalue weighted by molar-refractivity contribution is 6.02. The molecular formula is C48H66N6O3.